The highest BCUT2D eigenvalue weighted by Gasteiger charge is 2.35. The van der Waals surface area contributed by atoms with Gasteiger partial charge in [0.25, 0.3) is 0 Å². The molecule has 2 nitrogen and oxygen atoms in total. The fourth-order valence-corrected chi connectivity index (χ4v) is 2.71. The highest BCUT2D eigenvalue weighted by atomic mass is 79.9. The zero-order chi connectivity index (χ0) is 15.6. The summed E-state index contributed by atoms with van der Waals surface area (Å²) < 4.78 is 40.0. The third kappa shape index (κ3) is 3.40. The Morgan fingerprint density at radius 2 is 1.67 bits per heavy atom. The van der Waals surface area contributed by atoms with Crippen molar-refractivity contribution in [2.45, 2.75) is 12.2 Å². The molecule has 2 rings (SSSR count). The zero-order valence-electron chi connectivity index (χ0n) is 10.6. The summed E-state index contributed by atoms with van der Waals surface area (Å²) in [7, 11) is 0. The number of alkyl halides is 3. The highest BCUT2D eigenvalue weighted by Crippen LogP contribution is 2.39. The first kappa shape index (κ1) is 16.3. The molecule has 1 atom stereocenters. The number of hydrogen-bond acceptors (Lipinski definition) is 2. The van der Waals surface area contributed by atoms with Gasteiger partial charge in [-0.15, -0.1) is 0 Å². The van der Waals surface area contributed by atoms with Gasteiger partial charge >= 0.3 is 6.18 Å². The molecule has 0 heterocycles. The van der Waals surface area contributed by atoms with Crippen LogP contribution in [0.25, 0.3) is 0 Å². The van der Waals surface area contributed by atoms with Crippen LogP contribution in [0.3, 0.4) is 0 Å². The summed E-state index contributed by atoms with van der Waals surface area (Å²) in [6.45, 7) is 0. The fraction of sp³-hybridized carbons (Fsp3) is 0.143. The Morgan fingerprint density at radius 3 is 2.29 bits per heavy atom. The molecule has 0 saturated heterocycles. The van der Waals surface area contributed by atoms with Crippen LogP contribution < -0.4 is 11.3 Å². The average Bonchev–Trinajstić information content (AvgIpc) is 2.44. The summed E-state index contributed by atoms with van der Waals surface area (Å²) >= 11 is 9.41. The van der Waals surface area contributed by atoms with E-state index in [-0.39, 0.29) is 5.56 Å². The molecular formula is C14H11BrClF3N2. The normalized spacial score (nSPS) is 13.2. The van der Waals surface area contributed by atoms with E-state index in [1.165, 1.54) is 18.2 Å². The number of nitrogens with one attached hydrogen (secondary N) is 1. The van der Waals surface area contributed by atoms with Crippen LogP contribution in [0, 0.1) is 0 Å². The van der Waals surface area contributed by atoms with E-state index in [0.29, 0.717) is 15.1 Å². The van der Waals surface area contributed by atoms with E-state index in [0.717, 1.165) is 6.07 Å². The minimum Gasteiger partial charge on any atom is -0.271 e. The van der Waals surface area contributed by atoms with Gasteiger partial charge < -0.3 is 0 Å². The van der Waals surface area contributed by atoms with E-state index in [4.69, 9.17) is 17.4 Å². The molecule has 112 valence electrons. The molecule has 0 fully saturated rings. The lowest BCUT2D eigenvalue weighted by atomic mass is 9.94. The van der Waals surface area contributed by atoms with Crippen molar-refractivity contribution in [3.8, 4) is 0 Å². The van der Waals surface area contributed by atoms with E-state index < -0.39 is 17.8 Å². The first-order valence-corrected chi connectivity index (χ1v) is 7.09. The van der Waals surface area contributed by atoms with Crippen molar-refractivity contribution in [1.82, 2.24) is 5.43 Å². The monoisotopic (exact) mass is 378 g/mol. The number of benzene rings is 2. The van der Waals surface area contributed by atoms with Crippen molar-refractivity contribution >= 4 is 27.5 Å². The maximum absolute atomic E-state index is 13.1. The third-order valence-electron chi connectivity index (χ3n) is 3.04. The predicted octanol–water partition coefficient (Wildman–Crippen LogP) is 4.67. The van der Waals surface area contributed by atoms with Gasteiger partial charge in [0.15, 0.2) is 0 Å². The molecule has 0 aliphatic rings. The van der Waals surface area contributed by atoms with Crippen molar-refractivity contribution in [3.63, 3.8) is 0 Å². The van der Waals surface area contributed by atoms with Crippen molar-refractivity contribution in [3.05, 3.63) is 68.7 Å². The summed E-state index contributed by atoms with van der Waals surface area (Å²) in [5.74, 6) is 5.48. The zero-order valence-corrected chi connectivity index (χ0v) is 12.9. The highest BCUT2D eigenvalue weighted by molar-refractivity contribution is 9.10. The molecule has 2 aromatic rings. The fourth-order valence-electron chi connectivity index (χ4n) is 2.10. The minimum atomic E-state index is -4.47. The SMILES string of the molecule is NNC(c1ccccc1C(F)(F)F)c1cccc(Br)c1Cl. The first-order valence-electron chi connectivity index (χ1n) is 5.92. The van der Waals surface area contributed by atoms with Crippen LogP contribution in [0.5, 0.6) is 0 Å². The molecule has 0 aromatic heterocycles. The van der Waals surface area contributed by atoms with Gasteiger partial charge in [0, 0.05) is 4.47 Å². The van der Waals surface area contributed by atoms with Gasteiger partial charge in [-0.1, -0.05) is 41.9 Å². The number of nitrogens with two attached hydrogens (primary N) is 1. The molecule has 21 heavy (non-hydrogen) atoms. The van der Waals surface area contributed by atoms with Crippen LogP contribution in [0.4, 0.5) is 13.2 Å². The third-order valence-corrected chi connectivity index (χ3v) is 4.35. The smallest absolute Gasteiger partial charge is 0.271 e. The molecule has 0 aliphatic carbocycles. The Bertz CT molecular complexity index is 646. The van der Waals surface area contributed by atoms with Crippen LogP contribution in [0.15, 0.2) is 46.9 Å². The number of hydrazine groups is 1. The van der Waals surface area contributed by atoms with Gasteiger partial charge in [-0.25, -0.2) is 5.43 Å². The predicted molar refractivity (Wildman–Crippen MR) is 79.8 cm³/mol. The van der Waals surface area contributed by atoms with Crippen molar-refractivity contribution < 1.29 is 13.2 Å². The van der Waals surface area contributed by atoms with E-state index in [1.54, 1.807) is 18.2 Å². The number of halogens is 5. The summed E-state index contributed by atoms with van der Waals surface area (Å²) in [4.78, 5) is 0. The van der Waals surface area contributed by atoms with Crippen LogP contribution in [-0.2, 0) is 6.18 Å². The van der Waals surface area contributed by atoms with Gasteiger partial charge in [-0.2, -0.15) is 13.2 Å². The van der Waals surface area contributed by atoms with Crippen LogP contribution in [-0.4, -0.2) is 0 Å². The first-order chi connectivity index (χ1) is 9.86. The Hall–Kier alpha value is -1.08. The van der Waals surface area contributed by atoms with Crippen molar-refractivity contribution in [1.29, 1.82) is 0 Å². The maximum Gasteiger partial charge on any atom is 0.416 e. The Morgan fingerprint density at radius 1 is 1.05 bits per heavy atom. The van der Waals surface area contributed by atoms with Crippen LogP contribution >= 0.6 is 27.5 Å². The van der Waals surface area contributed by atoms with Gasteiger partial charge in [0.2, 0.25) is 0 Å². The molecule has 3 N–H and O–H groups in total. The van der Waals surface area contributed by atoms with E-state index >= 15 is 0 Å². The Kier molecular flexibility index (Phi) is 4.93. The van der Waals surface area contributed by atoms with Crippen LogP contribution in [0.2, 0.25) is 5.02 Å². The number of hydrogen-bond donors (Lipinski definition) is 2. The van der Waals surface area contributed by atoms with E-state index in [9.17, 15) is 13.2 Å². The second kappa shape index (κ2) is 6.36. The summed E-state index contributed by atoms with van der Waals surface area (Å²) in [6, 6.07) is 9.42. The maximum atomic E-state index is 13.1. The van der Waals surface area contributed by atoms with Gasteiger partial charge in [0.05, 0.1) is 16.6 Å². The largest absolute Gasteiger partial charge is 0.416 e. The molecule has 0 saturated carbocycles. The average molecular weight is 380 g/mol. The summed E-state index contributed by atoms with van der Waals surface area (Å²) in [5.41, 5.74) is 2.15. The van der Waals surface area contributed by atoms with Gasteiger partial charge in [0.1, 0.15) is 0 Å². The molecule has 0 aliphatic heterocycles. The van der Waals surface area contributed by atoms with Crippen LogP contribution in [0.1, 0.15) is 22.7 Å². The van der Waals surface area contributed by atoms with Gasteiger partial charge in [-0.05, 0) is 39.2 Å². The molecule has 0 spiro atoms. The molecule has 1 unspecified atom stereocenters. The number of rotatable bonds is 3. The Labute approximate surface area is 133 Å². The minimum absolute atomic E-state index is 0.0208. The molecule has 7 heteroatoms. The molecule has 2 aromatic carbocycles. The summed E-state index contributed by atoms with van der Waals surface area (Å²) in [6.07, 6.45) is -4.47. The summed E-state index contributed by atoms with van der Waals surface area (Å²) in [5, 5.41) is 0.317. The van der Waals surface area contributed by atoms with E-state index in [1.807, 2.05) is 0 Å². The van der Waals surface area contributed by atoms with Gasteiger partial charge in [-0.3, -0.25) is 5.84 Å². The second-order valence-corrected chi connectivity index (χ2v) is 5.56. The Balaban J connectivity index is 2.60. The quantitative estimate of drug-likeness (QED) is 0.600. The topological polar surface area (TPSA) is 38.0 Å². The van der Waals surface area contributed by atoms with Crippen molar-refractivity contribution in [2.24, 2.45) is 5.84 Å². The molecule has 0 bridgehead atoms. The molecular weight excluding hydrogens is 369 g/mol. The van der Waals surface area contributed by atoms with E-state index in [2.05, 4.69) is 21.4 Å². The standard InChI is InChI=1S/C14H11BrClF3N2/c15-11-7-3-5-9(12(11)16)13(21-20)8-4-1-2-6-10(8)14(17,18)19/h1-7,13,21H,20H2. The molecule has 0 amide bonds. The molecule has 0 radical (unpaired) electrons. The lowest BCUT2D eigenvalue weighted by Crippen LogP contribution is -2.30. The lowest BCUT2D eigenvalue weighted by molar-refractivity contribution is -0.138. The second-order valence-electron chi connectivity index (χ2n) is 4.33. The van der Waals surface area contributed by atoms with Crippen molar-refractivity contribution in [2.75, 3.05) is 0 Å². The lowest BCUT2D eigenvalue weighted by Gasteiger charge is -2.22.